The van der Waals surface area contributed by atoms with E-state index in [2.05, 4.69) is 5.32 Å². The van der Waals surface area contributed by atoms with Crippen LogP contribution in [0, 0.1) is 0 Å². The van der Waals surface area contributed by atoms with Gasteiger partial charge in [-0.25, -0.2) is 4.79 Å². The number of carbonyl (C=O) groups excluding carboxylic acids is 2. The molecule has 0 spiro atoms. The Balaban J connectivity index is 1.60. The second-order valence-electron chi connectivity index (χ2n) is 6.47. The van der Waals surface area contributed by atoms with E-state index in [1.165, 1.54) is 11.0 Å². The van der Waals surface area contributed by atoms with E-state index < -0.39 is 17.8 Å². The van der Waals surface area contributed by atoms with E-state index in [0.29, 0.717) is 45.0 Å². The molecule has 1 aromatic carbocycles. The molecule has 0 bridgehead atoms. The molecule has 2 fully saturated rings. The summed E-state index contributed by atoms with van der Waals surface area (Å²) >= 11 is 0. The van der Waals surface area contributed by atoms with Crippen LogP contribution in [0.4, 0.5) is 23.7 Å². The number of imide groups is 1. The molecule has 1 atom stereocenters. The molecule has 2 aliphatic heterocycles. The second kappa shape index (κ2) is 7.14. The molecule has 0 radical (unpaired) electrons. The van der Waals surface area contributed by atoms with E-state index in [0.717, 1.165) is 12.1 Å². The molecule has 9 heteroatoms. The summed E-state index contributed by atoms with van der Waals surface area (Å²) in [7, 11) is 0. The Kier molecular flexibility index (Phi) is 5.08. The van der Waals surface area contributed by atoms with Crippen LogP contribution in [0.25, 0.3) is 0 Å². The van der Waals surface area contributed by atoms with E-state index in [9.17, 15) is 22.8 Å². The number of hydrogen-bond acceptors (Lipinski definition) is 4. The normalized spacial score (nSPS) is 20.2. The first kappa shape index (κ1) is 18.5. The summed E-state index contributed by atoms with van der Waals surface area (Å²) in [5.41, 5.74) is -0.140. The fraction of sp³-hybridized carbons (Fsp3) is 0.529. The highest BCUT2D eigenvalue weighted by Gasteiger charge is 2.34. The average molecular weight is 370 g/mol. The predicted octanol–water partition coefficient (Wildman–Crippen LogP) is 1.77. The van der Waals surface area contributed by atoms with Crippen LogP contribution in [-0.4, -0.2) is 67.0 Å². The summed E-state index contributed by atoms with van der Waals surface area (Å²) in [6.07, 6.45) is -4.37. The maximum absolute atomic E-state index is 12.9. The Labute approximate surface area is 149 Å². The molecule has 3 rings (SSSR count). The molecule has 0 saturated carbocycles. The van der Waals surface area contributed by atoms with Gasteiger partial charge in [-0.15, -0.1) is 0 Å². The maximum atomic E-state index is 12.9. The van der Waals surface area contributed by atoms with Crippen LogP contribution in [0.2, 0.25) is 0 Å². The van der Waals surface area contributed by atoms with Gasteiger partial charge in [0.1, 0.15) is 0 Å². The summed E-state index contributed by atoms with van der Waals surface area (Å²) in [5.74, 6) is -0.243. The van der Waals surface area contributed by atoms with Crippen molar-refractivity contribution in [3.05, 3.63) is 29.8 Å². The van der Waals surface area contributed by atoms with Crippen LogP contribution < -0.4 is 10.2 Å². The molecular weight excluding hydrogens is 349 g/mol. The topological polar surface area (TPSA) is 55.9 Å². The zero-order chi connectivity index (χ0) is 18.9. The number of nitrogens with one attached hydrogen (secondary N) is 1. The quantitative estimate of drug-likeness (QED) is 0.881. The Bertz CT molecular complexity index is 687. The Hall–Kier alpha value is -2.29. The first-order chi connectivity index (χ1) is 12.3. The number of alkyl halides is 3. The highest BCUT2D eigenvalue weighted by molar-refractivity contribution is 5.98. The average Bonchev–Trinajstić information content (AvgIpc) is 3.06. The highest BCUT2D eigenvalue weighted by Crippen LogP contribution is 2.32. The number of hydrogen-bond donors (Lipinski definition) is 1. The third-order valence-corrected chi connectivity index (χ3v) is 4.88. The largest absolute Gasteiger partial charge is 0.416 e. The van der Waals surface area contributed by atoms with Crippen LogP contribution >= 0.6 is 0 Å². The van der Waals surface area contributed by atoms with E-state index in [1.54, 1.807) is 13.0 Å². The maximum Gasteiger partial charge on any atom is 0.416 e. The van der Waals surface area contributed by atoms with Crippen molar-refractivity contribution >= 4 is 17.6 Å². The van der Waals surface area contributed by atoms with Gasteiger partial charge in [0.05, 0.1) is 11.6 Å². The number of nitrogens with zero attached hydrogens (tertiary/aromatic N) is 3. The molecule has 0 aromatic heterocycles. The van der Waals surface area contributed by atoms with Crippen molar-refractivity contribution in [2.45, 2.75) is 19.1 Å². The third kappa shape index (κ3) is 3.77. The number of rotatable bonds is 3. The summed E-state index contributed by atoms with van der Waals surface area (Å²) in [4.78, 5) is 29.1. The van der Waals surface area contributed by atoms with Crippen molar-refractivity contribution in [3.8, 4) is 0 Å². The van der Waals surface area contributed by atoms with Crippen LogP contribution in [0.15, 0.2) is 24.3 Å². The minimum Gasteiger partial charge on any atom is -0.369 e. The zero-order valence-electron chi connectivity index (χ0n) is 14.4. The molecule has 3 amide bonds. The summed E-state index contributed by atoms with van der Waals surface area (Å²) in [6.45, 7) is 4.70. The summed E-state index contributed by atoms with van der Waals surface area (Å²) < 4.78 is 38.6. The SMILES string of the molecule is C[C@H](C(=O)N1CCNC1=O)N1CCN(c2cccc(C(F)(F)F)c2)CC1. The third-order valence-electron chi connectivity index (χ3n) is 4.88. The van der Waals surface area contributed by atoms with Crippen molar-refractivity contribution in [1.82, 2.24) is 15.1 Å². The van der Waals surface area contributed by atoms with Crippen molar-refractivity contribution in [2.75, 3.05) is 44.2 Å². The molecule has 1 aromatic rings. The molecular formula is C17H21F3N4O2. The van der Waals surface area contributed by atoms with Gasteiger partial charge in [0.25, 0.3) is 0 Å². The van der Waals surface area contributed by atoms with Crippen LogP contribution in [0.5, 0.6) is 0 Å². The number of anilines is 1. The predicted molar refractivity (Wildman–Crippen MR) is 89.8 cm³/mol. The van der Waals surface area contributed by atoms with Crippen LogP contribution in [0.1, 0.15) is 12.5 Å². The van der Waals surface area contributed by atoms with Crippen LogP contribution in [0.3, 0.4) is 0 Å². The first-order valence-corrected chi connectivity index (χ1v) is 8.53. The van der Waals surface area contributed by atoms with Crippen molar-refractivity contribution in [3.63, 3.8) is 0 Å². The van der Waals surface area contributed by atoms with Crippen molar-refractivity contribution in [2.24, 2.45) is 0 Å². The molecule has 26 heavy (non-hydrogen) atoms. The Morgan fingerprint density at radius 1 is 1.15 bits per heavy atom. The lowest BCUT2D eigenvalue weighted by atomic mass is 10.1. The van der Waals surface area contributed by atoms with Crippen LogP contribution in [-0.2, 0) is 11.0 Å². The van der Waals surface area contributed by atoms with Gasteiger partial charge in [-0.2, -0.15) is 13.2 Å². The molecule has 2 aliphatic rings. The number of urea groups is 1. The number of benzene rings is 1. The molecule has 2 saturated heterocycles. The monoisotopic (exact) mass is 370 g/mol. The second-order valence-corrected chi connectivity index (χ2v) is 6.47. The summed E-state index contributed by atoms with van der Waals surface area (Å²) in [6, 6.07) is 4.46. The molecule has 142 valence electrons. The number of carbonyl (C=O) groups is 2. The number of piperazine rings is 1. The van der Waals surface area contributed by atoms with Crippen molar-refractivity contribution in [1.29, 1.82) is 0 Å². The van der Waals surface area contributed by atoms with Gasteiger partial charge in [-0.1, -0.05) is 6.07 Å². The zero-order valence-corrected chi connectivity index (χ0v) is 14.4. The van der Waals surface area contributed by atoms with E-state index in [4.69, 9.17) is 0 Å². The molecule has 6 nitrogen and oxygen atoms in total. The highest BCUT2D eigenvalue weighted by atomic mass is 19.4. The minimum absolute atomic E-state index is 0.243. The van der Waals surface area contributed by atoms with Gasteiger partial charge in [0.2, 0.25) is 5.91 Å². The lowest BCUT2D eigenvalue weighted by Crippen LogP contribution is -2.55. The van der Waals surface area contributed by atoms with Gasteiger partial charge < -0.3 is 10.2 Å². The fourth-order valence-electron chi connectivity index (χ4n) is 3.31. The van der Waals surface area contributed by atoms with E-state index in [1.807, 2.05) is 9.80 Å². The Morgan fingerprint density at radius 2 is 1.85 bits per heavy atom. The van der Waals surface area contributed by atoms with Crippen molar-refractivity contribution < 1.29 is 22.8 Å². The van der Waals surface area contributed by atoms with Gasteiger partial charge in [-0.05, 0) is 25.1 Å². The standard InChI is InChI=1S/C17H21F3N4O2/c1-12(15(25)24-6-5-21-16(24)26)22-7-9-23(10-8-22)14-4-2-3-13(11-14)17(18,19)20/h2-4,11-12H,5-10H2,1H3,(H,21,26)/t12-/m1/s1. The van der Waals surface area contributed by atoms with Gasteiger partial charge in [0.15, 0.2) is 0 Å². The lowest BCUT2D eigenvalue weighted by Gasteiger charge is -2.39. The first-order valence-electron chi connectivity index (χ1n) is 8.53. The summed E-state index contributed by atoms with van der Waals surface area (Å²) in [5, 5.41) is 2.60. The van der Waals surface area contributed by atoms with Gasteiger partial charge >= 0.3 is 12.2 Å². The van der Waals surface area contributed by atoms with Gasteiger partial charge in [0, 0.05) is 45.0 Å². The van der Waals surface area contributed by atoms with E-state index in [-0.39, 0.29) is 11.9 Å². The Morgan fingerprint density at radius 3 is 2.42 bits per heavy atom. The molecule has 1 N–H and O–H groups in total. The number of halogens is 3. The molecule has 0 aliphatic carbocycles. The molecule has 2 heterocycles. The smallest absolute Gasteiger partial charge is 0.369 e. The number of amides is 3. The molecule has 0 unspecified atom stereocenters. The van der Waals surface area contributed by atoms with Gasteiger partial charge in [-0.3, -0.25) is 14.6 Å². The lowest BCUT2D eigenvalue weighted by molar-refractivity contribution is -0.137. The minimum atomic E-state index is -4.37. The fourth-order valence-corrected chi connectivity index (χ4v) is 3.31. The van der Waals surface area contributed by atoms with E-state index >= 15 is 0 Å².